The zero-order valence-electron chi connectivity index (χ0n) is 14.8. The van der Waals surface area contributed by atoms with Crippen molar-refractivity contribution >= 4 is 29.1 Å². The fourth-order valence-electron chi connectivity index (χ4n) is 2.33. The van der Waals surface area contributed by atoms with Crippen molar-refractivity contribution in [1.82, 2.24) is 4.98 Å². The Morgan fingerprint density at radius 1 is 1.35 bits per heavy atom. The molecule has 0 bridgehead atoms. The third kappa shape index (κ3) is 4.83. The lowest BCUT2D eigenvalue weighted by Gasteiger charge is -2.10. The highest BCUT2D eigenvalue weighted by atomic mass is 32.2. The number of carbonyl (C=O) groups excluding carboxylic acids is 2. The molecule has 1 amide bonds. The lowest BCUT2D eigenvalue weighted by atomic mass is 10.1. The molecule has 0 aliphatic heterocycles. The van der Waals surface area contributed by atoms with Gasteiger partial charge in [0.25, 0.3) is 0 Å². The van der Waals surface area contributed by atoms with Gasteiger partial charge in [0.1, 0.15) is 16.8 Å². The molecule has 0 unspecified atom stereocenters. The van der Waals surface area contributed by atoms with Gasteiger partial charge in [0.2, 0.25) is 5.91 Å². The molecule has 2 rings (SSSR count). The Morgan fingerprint density at radius 3 is 2.73 bits per heavy atom. The number of thioether (sulfide) groups is 1. The average Bonchev–Trinajstić information content (AvgIpc) is 2.62. The second-order valence-electron chi connectivity index (χ2n) is 5.49. The Hall–Kier alpha value is -2.85. The lowest BCUT2D eigenvalue weighted by Crippen LogP contribution is -2.13. The second kappa shape index (κ2) is 9.02. The lowest BCUT2D eigenvalue weighted by molar-refractivity contribution is -0.115. The van der Waals surface area contributed by atoms with Crippen LogP contribution in [0.3, 0.4) is 0 Å². The second-order valence-corrected chi connectivity index (χ2v) is 6.57. The first-order chi connectivity index (χ1) is 12.5. The summed E-state index contributed by atoms with van der Waals surface area (Å²) < 4.78 is 5.20. The zero-order chi connectivity index (χ0) is 19.1. The van der Waals surface area contributed by atoms with Crippen molar-refractivity contribution in [3.05, 3.63) is 47.2 Å². The van der Waals surface area contributed by atoms with Crippen LogP contribution in [0.25, 0.3) is 0 Å². The number of benzene rings is 1. The molecule has 0 aliphatic rings. The van der Waals surface area contributed by atoms with Crippen LogP contribution in [-0.4, -0.2) is 29.5 Å². The van der Waals surface area contributed by atoms with Gasteiger partial charge in [0, 0.05) is 23.4 Å². The highest BCUT2D eigenvalue weighted by molar-refractivity contribution is 7.99. The summed E-state index contributed by atoms with van der Waals surface area (Å²) in [6, 6.07) is 10.8. The van der Waals surface area contributed by atoms with E-state index in [1.807, 2.05) is 12.1 Å². The molecule has 0 atom stereocenters. The molecular weight excluding hydrogens is 350 g/mol. The molecule has 0 radical (unpaired) electrons. The quantitative estimate of drug-likeness (QED) is 0.592. The van der Waals surface area contributed by atoms with Gasteiger partial charge in [-0.25, -0.2) is 4.98 Å². The maximum Gasteiger partial charge on any atom is 0.225 e. The van der Waals surface area contributed by atoms with Crippen LogP contribution in [0.5, 0.6) is 5.75 Å². The smallest absolute Gasteiger partial charge is 0.225 e. The minimum absolute atomic E-state index is 0.126. The van der Waals surface area contributed by atoms with Crippen molar-refractivity contribution in [2.75, 3.05) is 18.2 Å². The van der Waals surface area contributed by atoms with E-state index in [1.54, 1.807) is 32.2 Å². The molecule has 26 heavy (non-hydrogen) atoms. The summed E-state index contributed by atoms with van der Waals surface area (Å²) >= 11 is 1.32. The van der Waals surface area contributed by atoms with Gasteiger partial charge in [-0.15, -0.1) is 11.8 Å². The highest BCUT2D eigenvalue weighted by Gasteiger charge is 2.13. The number of rotatable bonds is 7. The Balaban J connectivity index is 1.99. The molecule has 7 heteroatoms. The number of anilines is 1. The highest BCUT2D eigenvalue weighted by Crippen LogP contribution is 2.25. The van der Waals surface area contributed by atoms with Crippen molar-refractivity contribution in [1.29, 1.82) is 5.26 Å². The van der Waals surface area contributed by atoms with Crippen LogP contribution >= 0.6 is 11.8 Å². The van der Waals surface area contributed by atoms with Gasteiger partial charge >= 0.3 is 0 Å². The van der Waals surface area contributed by atoms with Crippen molar-refractivity contribution in [3.63, 3.8) is 0 Å². The molecule has 0 saturated carbocycles. The standard InChI is InChI=1S/C19H19N3O3S/c1-12-15(13(2)23)10-14(11-20)19(21-12)26-9-8-18(24)22-16-6-4-5-7-17(16)25-3/h4-7,10H,8-9H2,1-3H3,(H,22,24). The van der Waals surface area contributed by atoms with Gasteiger partial charge in [-0.2, -0.15) is 5.26 Å². The Kier molecular flexibility index (Phi) is 6.75. The van der Waals surface area contributed by atoms with Crippen molar-refractivity contribution in [2.45, 2.75) is 25.3 Å². The minimum Gasteiger partial charge on any atom is -0.495 e. The third-order valence-corrected chi connectivity index (χ3v) is 4.62. The van der Waals surface area contributed by atoms with E-state index in [4.69, 9.17) is 4.74 Å². The molecule has 0 fully saturated rings. The number of hydrogen-bond acceptors (Lipinski definition) is 6. The van der Waals surface area contributed by atoms with Gasteiger partial charge in [0.15, 0.2) is 5.78 Å². The molecule has 0 spiro atoms. The number of ketones is 1. The molecule has 1 N–H and O–H groups in total. The average molecular weight is 369 g/mol. The Morgan fingerprint density at radius 2 is 2.08 bits per heavy atom. The molecule has 1 aromatic carbocycles. The number of aryl methyl sites for hydroxylation is 1. The van der Waals surface area contributed by atoms with Crippen LogP contribution in [0.15, 0.2) is 35.4 Å². The van der Waals surface area contributed by atoms with E-state index < -0.39 is 0 Å². The summed E-state index contributed by atoms with van der Waals surface area (Å²) in [4.78, 5) is 28.0. The van der Waals surface area contributed by atoms with Crippen molar-refractivity contribution in [3.8, 4) is 11.8 Å². The molecule has 0 aliphatic carbocycles. The number of pyridine rings is 1. The van der Waals surface area contributed by atoms with Gasteiger partial charge < -0.3 is 10.1 Å². The molecule has 2 aromatic rings. The van der Waals surface area contributed by atoms with E-state index in [0.717, 1.165) is 0 Å². The molecule has 1 heterocycles. The number of Topliss-reactive ketones (excluding diaryl/α,β-unsaturated/α-hetero) is 1. The molecule has 134 valence electrons. The van der Waals surface area contributed by atoms with Gasteiger partial charge in [0.05, 0.1) is 18.4 Å². The van der Waals surface area contributed by atoms with Crippen LogP contribution in [0.1, 0.15) is 35.0 Å². The number of aromatic nitrogens is 1. The number of para-hydroxylation sites is 2. The van der Waals surface area contributed by atoms with Gasteiger partial charge in [-0.3, -0.25) is 9.59 Å². The monoisotopic (exact) mass is 369 g/mol. The summed E-state index contributed by atoms with van der Waals surface area (Å²) in [5.74, 6) is 0.774. The molecular formula is C19H19N3O3S. The summed E-state index contributed by atoms with van der Waals surface area (Å²) in [5, 5.41) is 12.6. The number of hydrogen-bond donors (Lipinski definition) is 1. The normalized spacial score (nSPS) is 10.1. The number of amides is 1. The number of nitriles is 1. The van der Waals surface area contributed by atoms with E-state index >= 15 is 0 Å². The minimum atomic E-state index is -0.155. The molecule has 0 saturated heterocycles. The van der Waals surface area contributed by atoms with Crippen LogP contribution in [0.2, 0.25) is 0 Å². The summed E-state index contributed by atoms with van der Waals surface area (Å²) in [6.07, 6.45) is 0.253. The Bertz CT molecular complexity index is 875. The zero-order valence-corrected chi connectivity index (χ0v) is 15.6. The number of ether oxygens (including phenoxy) is 1. The molecule has 1 aromatic heterocycles. The van der Waals surface area contributed by atoms with Crippen molar-refractivity contribution in [2.24, 2.45) is 0 Å². The van der Waals surface area contributed by atoms with Crippen LogP contribution in [0, 0.1) is 18.3 Å². The van der Waals surface area contributed by atoms with Crippen LogP contribution in [-0.2, 0) is 4.79 Å². The Labute approximate surface area is 156 Å². The van der Waals surface area contributed by atoms with E-state index in [1.165, 1.54) is 18.7 Å². The first kappa shape index (κ1) is 19.5. The summed E-state index contributed by atoms with van der Waals surface area (Å²) in [7, 11) is 1.54. The maximum atomic E-state index is 12.1. The van der Waals surface area contributed by atoms with Crippen LogP contribution < -0.4 is 10.1 Å². The first-order valence-corrected chi connectivity index (χ1v) is 8.93. The number of nitrogens with zero attached hydrogens (tertiary/aromatic N) is 2. The predicted molar refractivity (Wildman–Crippen MR) is 101 cm³/mol. The number of methoxy groups -OCH3 is 1. The molecule has 6 nitrogen and oxygen atoms in total. The SMILES string of the molecule is COc1ccccc1NC(=O)CCSc1nc(C)c(C(C)=O)cc1C#N. The first-order valence-electron chi connectivity index (χ1n) is 7.94. The fourth-order valence-corrected chi connectivity index (χ4v) is 3.27. The number of nitrogens with one attached hydrogen (secondary N) is 1. The topological polar surface area (TPSA) is 92.1 Å². The van der Waals surface area contributed by atoms with E-state index in [0.29, 0.717) is 39.0 Å². The predicted octanol–water partition coefficient (Wildman–Crippen LogP) is 3.59. The van der Waals surface area contributed by atoms with E-state index in [9.17, 15) is 14.9 Å². The summed E-state index contributed by atoms with van der Waals surface area (Å²) in [5.41, 5.74) is 1.98. The van der Waals surface area contributed by atoms with Crippen molar-refractivity contribution < 1.29 is 14.3 Å². The maximum absolute atomic E-state index is 12.1. The van der Waals surface area contributed by atoms with E-state index in [-0.39, 0.29) is 18.1 Å². The summed E-state index contributed by atoms with van der Waals surface area (Å²) in [6.45, 7) is 3.18. The third-order valence-electron chi connectivity index (χ3n) is 3.63. The van der Waals surface area contributed by atoms with Crippen LogP contribution in [0.4, 0.5) is 5.69 Å². The van der Waals surface area contributed by atoms with E-state index in [2.05, 4.69) is 16.4 Å². The number of carbonyl (C=O) groups is 2. The van der Waals surface area contributed by atoms with Gasteiger partial charge in [-0.1, -0.05) is 12.1 Å². The van der Waals surface area contributed by atoms with Gasteiger partial charge in [-0.05, 0) is 32.0 Å². The fraction of sp³-hybridized carbons (Fsp3) is 0.263. The largest absolute Gasteiger partial charge is 0.495 e.